The van der Waals surface area contributed by atoms with Gasteiger partial charge in [-0.15, -0.1) is 0 Å². The molecule has 1 saturated heterocycles. The van der Waals surface area contributed by atoms with Crippen LogP contribution in [0.3, 0.4) is 0 Å². The molecule has 5 amide bonds. The van der Waals surface area contributed by atoms with Gasteiger partial charge < -0.3 is 15.5 Å². The summed E-state index contributed by atoms with van der Waals surface area (Å²) in [6, 6.07) is 7.99. The average molecular weight is 455 g/mol. The minimum Gasteiger partial charge on any atom is -0.334 e. The van der Waals surface area contributed by atoms with Crippen LogP contribution in [0.2, 0.25) is 5.02 Å². The predicted molar refractivity (Wildman–Crippen MR) is 119 cm³/mol. The molecule has 4 rings (SSSR count). The second-order valence-corrected chi connectivity index (χ2v) is 8.52. The van der Waals surface area contributed by atoms with E-state index < -0.39 is 11.9 Å². The molecule has 2 aromatic rings. The number of halogens is 1. The number of nitrogens with one attached hydrogen (secondary N) is 3. The van der Waals surface area contributed by atoms with Crippen LogP contribution in [-0.4, -0.2) is 34.7 Å². The Bertz CT molecular complexity index is 1150. The second-order valence-electron chi connectivity index (χ2n) is 8.12. The highest BCUT2D eigenvalue weighted by Crippen LogP contribution is 2.28. The monoisotopic (exact) mass is 454 g/mol. The van der Waals surface area contributed by atoms with Crippen LogP contribution in [0.25, 0.3) is 0 Å². The van der Waals surface area contributed by atoms with Crippen LogP contribution in [0.5, 0.6) is 0 Å². The summed E-state index contributed by atoms with van der Waals surface area (Å²) in [5.74, 6) is -0.997. The third-order valence-corrected chi connectivity index (χ3v) is 6.21. The number of carbonyl (C=O) groups is 4. The first-order valence-electron chi connectivity index (χ1n) is 10.3. The number of fused-ring (bicyclic) bond motifs is 1. The molecule has 0 spiro atoms. The number of rotatable bonds is 4. The molecule has 8 nitrogen and oxygen atoms in total. The molecule has 0 radical (unpaired) electrons. The normalized spacial score (nSPS) is 17.8. The number of urea groups is 1. The van der Waals surface area contributed by atoms with Crippen molar-refractivity contribution >= 4 is 41.0 Å². The van der Waals surface area contributed by atoms with Crippen LogP contribution in [0.1, 0.15) is 45.5 Å². The fourth-order valence-electron chi connectivity index (χ4n) is 4.02. The minimum absolute atomic E-state index is 0.215. The number of piperidine rings is 1. The van der Waals surface area contributed by atoms with Crippen LogP contribution < -0.4 is 16.0 Å². The van der Waals surface area contributed by atoms with Crippen molar-refractivity contribution in [3.63, 3.8) is 0 Å². The highest BCUT2D eigenvalue weighted by molar-refractivity contribution is 6.31. The molecule has 32 heavy (non-hydrogen) atoms. The third kappa shape index (κ3) is 4.31. The van der Waals surface area contributed by atoms with Crippen molar-refractivity contribution in [1.82, 2.24) is 15.5 Å². The molecular weight excluding hydrogens is 432 g/mol. The molecule has 1 fully saturated rings. The molecule has 1 unspecified atom stereocenters. The number of hydrogen-bond donors (Lipinski definition) is 3. The van der Waals surface area contributed by atoms with Gasteiger partial charge in [0.2, 0.25) is 11.8 Å². The van der Waals surface area contributed by atoms with Crippen LogP contribution >= 0.6 is 11.6 Å². The van der Waals surface area contributed by atoms with Crippen molar-refractivity contribution in [2.45, 2.75) is 45.8 Å². The Morgan fingerprint density at radius 3 is 2.69 bits per heavy atom. The van der Waals surface area contributed by atoms with Gasteiger partial charge in [0.1, 0.15) is 6.04 Å². The second kappa shape index (κ2) is 8.63. The first kappa shape index (κ1) is 21.8. The molecule has 2 heterocycles. The Labute approximate surface area is 190 Å². The lowest BCUT2D eigenvalue weighted by molar-refractivity contribution is -0.136. The molecule has 2 aliphatic heterocycles. The van der Waals surface area contributed by atoms with Gasteiger partial charge >= 0.3 is 6.03 Å². The van der Waals surface area contributed by atoms with Crippen molar-refractivity contribution in [3.05, 3.63) is 63.2 Å². The number of hydrogen-bond acceptors (Lipinski definition) is 4. The number of nitrogens with zero attached hydrogens (tertiary/aromatic N) is 1. The van der Waals surface area contributed by atoms with Gasteiger partial charge in [-0.3, -0.25) is 19.7 Å². The van der Waals surface area contributed by atoms with E-state index in [4.69, 9.17) is 11.6 Å². The molecule has 3 N–H and O–H groups in total. The zero-order valence-electron chi connectivity index (χ0n) is 17.8. The number of anilines is 1. The van der Waals surface area contributed by atoms with Crippen molar-refractivity contribution in [3.8, 4) is 0 Å². The largest absolute Gasteiger partial charge is 0.334 e. The average Bonchev–Trinajstić information content (AvgIpc) is 3.06. The molecule has 2 aromatic carbocycles. The lowest BCUT2D eigenvalue weighted by Crippen LogP contribution is -2.52. The molecule has 0 aliphatic carbocycles. The standard InChI is InChI=1S/C23H23ClN4O4/c1-12-7-13(2)18(9-17(12)24)26-23(32)25-10-14-3-4-15-11-28(22(31)16(15)8-14)19-5-6-20(29)27-21(19)30/h3-4,7-9,19H,5-6,10-11H2,1-2H3,(H2,25,26,32)(H,27,29,30). The van der Waals surface area contributed by atoms with Crippen LogP contribution in [0.15, 0.2) is 30.3 Å². The molecule has 0 saturated carbocycles. The van der Waals surface area contributed by atoms with Gasteiger partial charge in [-0.05, 0) is 54.7 Å². The van der Waals surface area contributed by atoms with Crippen LogP contribution in [0, 0.1) is 13.8 Å². The Balaban J connectivity index is 1.40. The lowest BCUT2D eigenvalue weighted by atomic mass is 10.0. The van der Waals surface area contributed by atoms with Crippen molar-refractivity contribution in [2.75, 3.05) is 5.32 Å². The summed E-state index contributed by atoms with van der Waals surface area (Å²) >= 11 is 6.14. The highest BCUT2D eigenvalue weighted by atomic mass is 35.5. The summed E-state index contributed by atoms with van der Waals surface area (Å²) in [6.45, 7) is 4.33. The van der Waals surface area contributed by atoms with Gasteiger partial charge in [-0.2, -0.15) is 0 Å². The van der Waals surface area contributed by atoms with Gasteiger partial charge in [-0.25, -0.2) is 4.79 Å². The summed E-state index contributed by atoms with van der Waals surface area (Å²) in [5, 5.41) is 8.43. The van der Waals surface area contributed by atoms with Gasteiger partial charge in [0.25, 0.3) is 5.91 Å². The Morgan fingerprint density at radius 1 is 1.16 bits per heavy atom. The number of aryl methyl sites for hydroxylation is 2. The zero-order valence-corrected chi connectivity index (χ0v) is 18.5. The topological polar surface area (TPSA) is 108 Å². The smallest absolute Gasteiger partial charge is 0.319 e. The molecule has 0 aromatic heterocycles. The fourth-order valence-corrected chi connectivity index (χ4v) is 4.18. The quantitative estimate of drug-likeness (QED) is 0.617. The van der Waals surface area contributed by atoms with E-state index >= 15 is 0 Å². The highest BCUT2D eigenvalue weighted by Gasteiger charge is 2.39. The summed E-state index contributed by atoms with van der Waals surface area (Å²) in [7, 11) is 0. The minimum atomic E-state index is -0.649. The maximum Gasteiger partial charge on any atom is 0.319 e. The maximum atomic E-state index is 12.9. The van der Waals surface area contributed by atoms with Crippen LogP contribution in [0.4, 0.5) is 10.5 Å². The van der Waals surface area contributed by atoms with Crippen LogP contribution in [-0.2, 0) is 22.7 Å². The number of amides is 5. The Morgan fingerprint density at radius 2 is 1.94 bits per heavy atom. The van der Waals surface area contributed by atoms with E-state index in [0.29, 0.717) is 29.2 Å². The number of carbonyl (C=O) groups excluding carboxylic acids is 4. The Hall–Kier alpha value is -3.39. The van der Waals surface area contributed by atoms with Gasteiger partial charge in [-0.1, -0.05) is 29.8 Å². The Kier molecular flexibility index (Phi) is 5.88. The van der Waals surface area contributed by atoms with E-state index in [1.54, 1.807) is 12.1 Å². The predicted octanol–water partition coefficient (Wildman–Crippen LogP) is 3.04. The lowest BCUT2D eigenvalue weighted by Gasteiger charge is -2.29. The van der Waals surface area contributed by atoms with E-state index in [-0.39, 0.29) is 30.8 Å². The third-order valence-electron chi connectivity index (χ3n) is 5.80. The van der Waals surface area contributed by atoms with E-state index in [9.17, 15) is 19.2 Å². The van der Waals surface area contributed by atoms with Crippen molar-refractivity contribution in [1.29, 1.82) is 0 Å². The van der Waals surface area contributed by atoms with E-state index in [1.807, 2.05) is 32.0 Å². The summed E-state index contributed by atoms with van der Waals surface area (Å²) in [5.41, 5.74) is 4.55. The summed E-state index contributed by atoms with van der Waals surface area (Å²) in [6.07, 6.45) is 0.536. The number of benzene rings is 2. The molecular formula is C23H23ClN4O4. The molecule has 166 valence electrons. The van der Waals surface area contributed by atoms with Crippen molar-refractivity contribution < 1.29 is 19.2 Å². The summed E-state index contributed by atoms with van der Waals surface area (Å²) < 4.78 is 0. The maximum absolute atomic E-state index is 12.9. The van der Waals surface area contributed by atoms with Crippen molar-refractivity contribution in [2.24, 2.45) is 0 Å². The van der Waals surface area contributed by atoms with Gasteiger partial charge in [0.05, 0.1) is 0 Å². The molecule has 0 bridgehead atoms. The summed E-state index contributed by atoms with van der Waals surface area (Å²) in [4.78, 5) is 50.3. The van der Waals surface area contributed by atoms with E-state index in [2.05, 4.69) is 16.0 Å². The number of imide groups is 1. The SMILES string of the molecule is Cc1cc(C)c(NC(=O)NCc2ccc3c(c2)C(=O)N(C2CCC(=O)NC2=O)C3)cc1Cl. The fraction of sp³-hybridized carbons (Fsp3) is 0.304. The molecule has 2 aliphatic rings. The van der Waals surface area contributed by atoms with Gasteiger partial charge in [0.15, 0.2) is 0 Å². The van der Waals surface area contributed by atoms with E-state index in [1.165, 1.54) is 4.90 Å². The zero-order chi connectivity index (χ0) is 23.0. The first-order valence-corrected chi connectivity index (χ1v) is 10.7. The van der Waals surface area contributed by atoms with E-state index in [0.717, 1.165) is 22.3 Å². The van der Waals surface area contributed by atoms with Gasteiger partial charge in [0, 0.05) is 35.8 Å². The molecule has 1 atom stereocenters. The molecule has 9 heteroatoms. The first-order chi connectivity index (χ1) is 15.2.